The number of likely N-dealkylation sites (N-methyl/N-ethyl adjacent to an activating group) is 1. The number of carboxylic acid groups (broad SMARTS) is 1. The average molecular weight is 243 g/mol. The third-order valence-electron chi connectivity index (χ3n) is 3.30. The van der Waals surface area contributed by atoms with Crippen molar-refractivity contribution in [1.82, 2.24) is 9.80 Å². The number of rotatable bonds is 4. The highest BCUT2D eigenvalue weighted by molar-refractivity contribution is 5.86. The lowest BCUT2D eigenvalue weighted by atomic mass is 10.0. The van der Waals surface area contributed by atoms with Gasteiger partial charge >= 0.3 is 5.97 Å². The van der Waals surface area contributed by atoms with E-state index in [1.165, 1.54) is 0 Å². The monoisotopic (exact) mass is 243 g/mol. The summed E-state index contributed by atoms with van der Waals surface area (Å²) < 4.78 is 0. The van der Waals surface area contributed by atoms with E-state index in [1.807, 2.05) is 7.05 Å². The van der Waals surface area contributed by atoms with Gasteiger partial charge in [-0.2, -0.15) is 0 Å². The zero-order valence-electron chi connectivity index (χ0n) is 10.4. The molecule has 0 aromatic heterocycles. The van der Waals surface area contributed by atoms with E-state index < -0.39 is 12.0 Å². The van der Waals surface area contributed by atoms with Crippen molar-refractivity contribution in [1.29, 1.82) is 0 Å². The number of hydrogen-bond donors (Lipinski definition) is 2. The van der Waals surface area contributed by atoms with E-state index in [9.17, 15) is 9.59 Å². The summed E-state index contributed by atoms with van der Waals surface area (Å²) in [6, 6.07) is -0.754. The first-order chi connectivity index (χ1) is 7.91. The number of aliphatic carboxylic acids is 1. The van der Waals surface area contributed by atoms with E-state index in [0.29, 0.717) is 0 Å². The molecule has 0 spiro atoms. The van der Waals surface area contributed by atoms with Crippen LogP contribution in [0.3, 0.4) is 0 Å². The number of carbonyl (C=O) groups excluding carboxylic acids is 1. The Labute approximate surface area is 101 Å². The van der Waals surface area contributed by atoms with E-state index in [1.54, 1.807) is 11.9 Å². The van der Waals surface area contributed by atoms with Crippen LogP contribution in [-0.2, 0) is 9.59 Å². The minimum atomic E-state index is -1.04. The zero-order valence-corrected chi connectivity index (χ0v) is 10.4. The van der Waals surface area contributed by atoms with Crippen LogP contribution in [0, 0.1) is 0 Å². The van der Waals surface area contributed by atoms with Crippen LogP contribution in [0.5, 0.6) is 0 Å². The van der Waals surface area contributed by atoms with Gasteiger partial charge in [-0.3, -0.25) is 9.59 Å². The number of likely N-dealkylation sites (tertiary alicyclic amines) is 1. The summed E-state index contributed by atoms with van der Waals surface area (Å²) in [5, 5.41) is 8.60. The van der Waals surface area contributed by atoms with Gasteiger partial charge in [0.15, 0.2) is 0 Å². The van der Waals surface area contributed by atoms with Crippen LogP contribution in [-0.4, -0.2) is 66.1 Å². The van der Waals surface area contributed by atoms with E-state index in [0.717, 1.165) is 25.9 Å². The number of piperidine rings is 1. The maximum Gasteiger partial charge on any atom is 0.305 e. The second kappa shape index (κ2) is 5.97. The molecule has 1 rings (SSSR count). The summed E-state index contributed by atoms with van der Waals surface area (Å²) in [7, 11) is 3.76. The quantitative estimate of drug-likeness (QED) is 0.684. The van der Waals surface area contributed by atoms with Gasteiger partial charge < -0.3 is 20.6 Å². The standard InChI is InChI=1S/C11H21N3O3/c1-13-5-3-8(4-6-13)14(2)11(17)9(12)7-10(15)16/h8-9H,3-7,12H2,1-2H3,(H,15,16). The molecule has 1 saturated heterocycles. The van der Waals surface area contributed by atoms with Crippen molar-refractivity contribution in [2.75, 3.05) is 27.2 Å². The molecule has 0 aliphatic carbocycles. The molecular formula is C11H21N3O3. The predicted octanol–water partition coefficient (Wildman–Crippen LogP) is -0.659. The fourth-order valence-corrected chi connectivity index (χ4v) is 2.10. The van der Waals surface area contributed by atoms with Gasteiger partial charge in [0.05, 0.1) is 12.5 Å². The van der Waals surface area contributed by atoms with E-state index in [-0.39, 0.29) is 18.4 Å². The topological polar surface area (TPSA) is 86.9 Å². The second-order valence-electron chi connectivity index (χ2n) is 4.69. The first-order valence-corrected chi connectivity index (χ1v) is 5.84. The lowest BCUT2D eigenvalue weighted by molar-refractivity contribution is -0.142. The van der Waals surface area contributed by atoms with Gasteiger partial charge in [-0.25, -0.2) is 0 Å². The summed E-state index contributed by atoms with van der Waals surface area (Å²) in [6.07, 6.45) is 1.52. The molecule has 1 unspecified atom stereocenters. The lowest BCUT2D eigenvalue weighted by Crippen LogP contribution is -2.50. The van der Waals surface area contributed by atoms with Gasteiger partial charge in [0.1, 0.15) is 0 Å². The van der Waals surface area contributed by atoms with Crippen molar-refractivity contribution in [3.63, 3.8) is 0 Å². The molecule has 0 radical (unpaired) electrons. The largest absolute Gasteiger partial charge is 0.481 e. The van der Waals surface area contributed by atoms with Crippen LogP contribution in [0.15, 0.2) is 0 Å². The maximum atomic E-state index is 11.9. The summed E-state index contributed by atoms with van der Waals surface area (Å²) >= 11 is 0. The third kappa shape index (κ3) is 3.98. The van der Waals surface area contributed by atoms with Crippen molar-refractivity contribution >= 4 is 11.9 Å². The van der Waals surface area contributed by atoms with Crippen LogP contribution in [0.4, 0.5) is 0 Å². The summed E-state index contributed by atoms with van der Waals surface area (Å²) in [6.45, 7) is 1.91. The first-order valence-electron chi connectivity index (χ1n) is 5.84. The Balaban J connectivity index is 2.48. The maximum absolute atomic E-state index is 11.9. The molecule has 6 nitrogen and oxygen atoms in total. The molecule has 1 heterocycles. The average Bonchev–Trinajstić information content (AvgIpc) is 2.27. The van der Waals surface area contributed by atoms with Gasteiger partial charge in [0.25, 0.3) is 0 Å². The Morgan fingerprint density at radius 1 is 1.47 bits per heavy atom. The minimum absolute atomic E-state index is 0.179. The Bertz CT molecular complexity index is 288. The smallest absolute Gasteiger partial charge is 0.305 e. The SMILES string of the molecule is CN1CCC(N(C)C(=O)C(N)CC(=O)O)CC1. The molecule has 3 N–H and O–H groups in total. The second-order valence-corrected chi connectivity index (χ2v) is 4.69. The van der Waals surface area contributed by atoms with Gasteiger partial charge in [-0.15, -0.1) is 0 Å². The first kappa shape index (κ1) is 13.9. The molecule has 17 heavy (non-hydrogen) atoms. The number of nitrogens with zero attached hydrogens (tertiary/aromatic N) is 2. The summed E-state index contributed by atoms with van der Waals surface area (Å²) in [4.78, 5) is 26.2. The lowest BCUT2D eigenvalue weighted by Gasteiger charge is -2.36. The summed E-state index contributed by atoms with van der Waals surface area (Å²) in [5.74, 6) is -1.32. The molecule has 6 heteroatoms. The van der Waals surface area contributed by atoms with Crippen LogP contribution in [0.1, 0.15) is 19.3 Å². The molecule has 0 saturated carbocycles. The highest BCUT2D eigenvalue weighted by Gasteiger charge is 2.27. The Morgan fingerprint density at radius 3 is 2.47 bits per heavy atom. The number of amides is 1. The highest BCUT2D eigenvalue weighted by atomic mass is 16.4. The predicted molar refractivity (Wildman–Crippen MR) is 63.5 cm³/mol. The number of nitrogens with two attached hydrogens (primary N) is 1. The number of carbonyl (C=O) groups is 2. The molecular weight excluding hydrogens is 222 g/mol. The van der Waals surface area contributed by atoms with Crippen LogP contribution in [0.2, 0.25) is 0 Å². The van der Waals surface area contributed by atoms with E-state index >= 15 is 0 Å². The van der Waals surface area contributed by atoms with Crippen LogP contribution < -0.4 is 5.73 Å². The molecule has 0 aromatic carbocycles. The van der Waals surface area contributed by atoms with Crippen molar-refractivity contribution in [2.45, 2.75) is 31.3 Å². The van der Waals surface area contributed by atoms with Crippen LogP contribution >= 0.6 is 0 Å². The fraction of sp³-hybridized carbons (Fsp3) is 0.818. The summed E-state index contributed by atoms with van der Waals surface area (Å²) in [5.41, 5.74) is 5.57. The fourth-order valence-electron chi connectivity index (χ4n) is 2.10. The zero-order chi connectivity index (χ0) is 13.0. The Morgan fingerprint density at radius 2 is 2.00 bits per heavy atom. The number of carboxylic acids is 1. The van der Waals surface area contributed by atoms with Gasteiger partial charge in [-0.1, -0.05) is 0 Å². The van der Waals surface area contributed by atoms with Crippen molar-refractivity contribution in [3.05, 3.63) is 0 Å². The molecule has 1 fully saturated rings. The highest BCUT2D eigenvalue weighted by Crippen LogP contribution is 2.15. The van der Waals surface area contributed by atoms with Gasteiger partial charge in [0, 0.05) is 13.1 Å². The molecule has 1 amide bonds. The molecule has 0 aromatic rings. The van der Waals surface area contributed by atoms with E-state index in [4.69, 9.17) is 10.8 Å². The third-order valence-corrected chi connectivity index (χ3v) is 3.30. The Kier molecular flexibility index (Phi) is 4.89. The van der Waals surface area contributed by atoms with Crippen molar-refractivity contribution in [3.8, 4) is 0 Å². The molecule has 0 bridgehead atoms. The molecule has 1 aliphatic rings. The van der Waals surface area contributed by atoms with Crippen LogP contribution in [0.25, 0.3) is 0 Å². The molecule has 98 valence electrons. The Hall–Kier alpha value is -1.14. The number of hydrogen-bond acceptors (Lipinski definition) is 4. The van der Waals surface area contributed by atoms with Crippen molar-refractivity contribution < 1.29 is 14.7 Å². The minimum Gasteiger partial charge on any atom is -0.481 e. The van der Waals surface area contributed by atoms with Crippen molar-refractivity contribution in [2.24, 2.45) is 5.73 Å². The van der Waals surface area contributed by atoms with Gasteiger partial charge in [-0.05, 0) is 33.0 Å². The normalized spacial score (nSPS) is 19.9. The van der Waals surface area contributed by atoms with Gasteiger partial charge in [0.2, 0.25) is 5.91 Å². The molecule has 1 atom stereocenters. The molecule has 1 aliphatic heterocycles. The van der Waals surface area contributed by atoms with E-state index in [2.05, 4.69) is 4.90 Å².